The third kappa shape index (κ3) is 9.49. The molecule has 0 radical (unpaired) electrons. The van der Waals surface area contributed by atoms with Crippen LogP contribution in [0, 0.1) is 0 Å². The Hall–Kier alpha value is -11.5. The van der Waals surface area contributed by atoms with Crippen molar-refractivity contribution in [3.05, 3.63) is 291 Å². The van der Waals surface area contributed by atoms with Gasteiger partial charge in [0.05, 0.1) is 11.2 Å². The number of hydrogen-bond acceptors (Lipinski definition) is 8. The number of aromatic nitrogens is 8. The van der Waals surface area contributed by atoms with Crippen LogP contribution in [0.5, 0.6) is 0 Å². The van der Waals surface area contributed by atoms with E-state index in [-0.39, 0.29) is 0 Å². The second-order valence-corrected chi connectivity index (χ2v) is 20.7. The molecule has 0 fully saturated rings. The maximum Gasteiger partial charge on any atom is 0.165 e. The summed E-state index contributed by atoms with van der Waals surface area (Å²) >= 11 is 0. The number of nitrogens with zero attached hydrogens (tertiary/aromatic N) is 8. The zero-order chi connectivity index (χ0) is 55.8. The van der Waals surface area contributed by atoms with Crippen molar-refractivity contribution >= 4 is 32.4 Å². The van der Waals surface area contributed by atoms with Gasteiger partial charge in [-0.15, -0.1) is 0 Å². The molecule has 8 nitrogen and oxygen atoms in total. The average Bonchev–Trinajstić information content (AvgIpc) is 2.05. The lowest BCUT2D eigenvalue weighted by Crippen LogP contribution is -2.02. The monoisotopic (exact) mass is 1070 g/mol. The first-order valence-corrected chi connectivity index (χ1v) is 28.0. The third-order valence-electron chi connectivity index (χ3n) is 15.5. The molecule has 0 aliphatic heterocycles. The number of benzene rings is 11. The molecule has 392 valence electrons. The van der Waals surface area contributed by atoms with Crippen molar-refractivity contribution in [2.75, 3.05) is 0 Å². The zero-order valence-electron chi connectivity index (χ0n) is 45.3. The smallest absolute Gasteiger partial charge is 0.165 e. The van der Waals surface area contributed by atoms with Crippen molar-refractivity contribution < 1.29 is 0 Å². The maximum atomic E-state index is 5.43. The Labute approximate surface area is 485 Å². The molecule has 15 rings (SSSR count). The fourth-order valence-electron chi connectivity index (χ4n) is 11.4. The number of fused-ring (bicyclic) bond motifs is 3. The van der Waals surface area contributed by atoms with E-state index in [1.54, 1.807) is 0 Å². The molecule has 11 aromatic carbocycles. The highest BCUT2D eigenvalue weighted by molar-refractivity contribution is 6.06. The van der Waals surface area contributed by atoms with E-state index in [2.05, 4.69) is 181 Å². The summed E-state index contributed by atoms with van der Waals surface area (Å²) in [7, 11) is 0. The van der Waals surface area contributed by atoms with Crippen molar-refractivity contribution in [3.63, 3.8) is 0 Å². The zero-order valence-corrected chi connectivity index (χ0v) is 45.3. The van der Waals surface area contributed by atoms with Gasteiger partial charge in [0.2, 0.25) is 0 Å². The Kier molecular flexibility index (Phi) is 12.7. The minimum atomic E-state index is 0.568. The first-order chi connectivity index (χ1) is 41.6. The third-order valence-corrected chi connectivity index (χ3v) is 15.5. The van der Waals surface area contributed by atoms with Crippen LogP contribution >= 0.6 is 0 Å². The summed E-state index contributed by atoms with van der Waals surface area (Å²) in [6.45, 7) is 0. The van der Waals surface area contributed by atoms with E-state index < -0.39 is 0 Å². The topological polar surface area (TPSA) is 103 Å². The van der Waals surface area contributed by atoms with Crippen LogP contribution in [0.25, 0.3) is 157 Å². The van der Waals surface area contributed by atoms with E-state index in [4.69, 9.17) is 34.9 Å². The highest BCUT2D eigenvalue weighted by Gasteiger charge is 2.22. The highest BCUT2D eigenvalue weighted by Crippen LogP contribution is 2.42. The normalized spacial score (nSPS) is 11.3. The lowest BCUT2D eigenvalue weighted by Gasteiger charge is -2.16. The summed E-state index contributed by atoms with van der Waals surface area (Å²) < 4.78 is 0. The molecule has 0 N–H and O–H groups in total. The molecule has 0 amide bonds. The van der Waals surface area contributed by atoms with E-state index in [0.717, 1.165) is 122 Å². The van der Waals surface area contributed by atoms with Crippen molar-refractivity contribution in [2.24, 2.45) is 0 Å². The number of hydrogen-bond donors (Lipinski definition) is 0. The minimum absolute atomic E-state index is 0.568. The van der Waals surface area contributed by atoms with Gasteiger partial charge in [0.1, 0.15) is 0 Å². The second kappa shape index (κ2) is 21.5. The van der Waals surface area contributed by atoms with E-state index in [0.29, 0.717) is 34.9 Å². The van der Waals surface area contributed by atoms with Gasteiger partial charge in [0, 0.05) is 62.3 Å². The number of pyridine rings is 2. The average molecular weight is 1070 g/mol. The van der Waals surface area contributed by atoms with Gasteiger partial charge in [-0.2, -0.15) is 0 Å². The lowest BCUT2D eigenvalue weighted by molar-refractivity contribution is 1.08. The SMILES string of the molecule is c1ccc(-c2nc(-c3cccc(-c4ccc5c(-c6nc(-c7ccccc7)nc(-c7ccccc7)n6)c(-c6ccc(-c7ccccn7)cc6)ccc5c4)c3)nc(-c3c(-c4ccc(-c5cccc6cccnc56)cc4)ccc4ccccc34)n2)cc1. The molecule has 15 aromatic rings. The van der Waals surface area contributed by atoms with Crippen molar-refractivity contribution in [1.82, 2.24) is 39.9 Å². The molecule has 0 spiro atoms. The van der Waals surface area contributed by atoms with Gasteiger partial charge < -0.3 is 0 Å². The molecule has 8 heteroatoms. The van der Waals surface area contributed by atoms with E-state index in [1.807, 2.05) is 116 Å². The molecule has 0 unspecified atom stereocenters. The van der Waals surface area contributed by atoms with E-state index in [1.165, 1.54) is 0 Å². The Bertz CT molecular complexity index is 4860. The number of para-hydroxylation sites is 1. The van der Waals surface area contributed by atoms with Crippen LogP contribution < -0.4 is 0 Å². The predicted molar refractivity (Wildman–Crippen MR) is 341 cm³/mol. The molecule has 0 saturated carbocycles. The predicted octanol–water partition coefficient (Wildman–Crippen LogP) is 18.6. The molecule has 84 heavy (non-hydrogen) atoms. The van der Waals surface area contributed by atoms with Gasteiger partial charge in [-0.3, -0.25) is 9.97 Å². The Morgan fingerprint density at radius 1 is 0.202 bits per heavy atom. The maximum absolute atomic E-state index is 5.43. The van der Waals surface area contributed by atoms with Crippen molar-refractivity contribution in [3.8, 4) is 124 Å². The summed E-state index contributed by atoms with van der Waals surface area (Å²) in [6.07, 6.45) is 3.68. The van der Waals surface area contributed by atoms with Crippen LogP contribution in [-0.4, -0.2) is 39.9 Å². The summed E-state index contributed by atoms with van der Waals surface area (Å²) in [5.41, 5.74) is 16.7. The molecule has 0 atom stereocenters. The Morgan fingerprint density at radius 2 is 0.631 bits per heavy atom. The van der Waals surface area contributed by atoms with Crippen LogP contribution in [0.3, 0.4) is 0 Å². The standard InChI is InChI=1S/C76H48N8/c1-4-18-55(19-5-1)71-79-72(56-20-6-2-7-21-56)82-76(81-71)69-64(51-35-37-53(38-36-51)67-30-12-13-45-77-67)44-41-60-47-59(40-43-65(60)69)58-25-14-26-61(48-58)74-80-73(57-22-8-3-9-23-57)83-75(84-74)68-62-28-11-10-17-49(62)39-42-63(68)50-31-33-52(34-32-50)66-29-15-24-54-27-16-46-78-70(54)66/h1-48H. The molecule has 4 heterocycles. The van der Waals surface area contributed by atoms with Gasteiger partial charge >= 0.3 is 0 Å². The highest BCUT2D eigenvalue weighted by atomic mass is 15.0. The molecule has 0 saturated heterocycles. The molecular weight excluding hydrogens is 1020 g/mol. The van der Waals surface area contributed by atoms with Crippen molar-refractivity contribution in [2.45, 2.75) is 0 Å². The van der Waals surface area contributed by atoms with Crippen LogP contribution in [0.15, 0.2) is 291 Å². The van der Waals surface area contributed by atoms with Crippen LogP contribution in [-0.2, 0) is 0 Å². The molecule has 0 aliphatic rings. The van der Waals surface area contributed by atoms with Gasteiger partial charge in [0.15, 0.2) is 34.9 Å². The second-order valence-electron chi connectivity index (χ2n) is 20.7. The Balaban J connectivity index is 0.861. The van der Waals surface area contributed by atoms with Crippen molar-refractivity contribution in [1.29, 1.82) is 0 Å². The fourth-order valence-corrected chi connectivity index (χ4v) is 11.4. The first kappa shape index (κ1) is 49.6. The molecule has 0 bridgehead atoms. The van der Waals surface area contributed by atoms with E-state index >= 15 is 0 Å². The summed E-state index contributed by atoms with van der Waals surface area (Å²) in [6, 6.07) is 96.5. The molecule has 4 aromatic heterocycles. The van der Waals surface area contributed by atoms with Gasteiger partial charge in [-0.05, 0) is 90.8 Å². The molecule has 0 aliphatic carbocycles. The minimum Gasteiger partial charge on any atom is -0.256 e. The van der Waals surface area contributed by atoms with E-state index in [9.17, 15) is 0 Å². The fraction of sp³-hybridized carbons (Fsp3) is 0. The quantitative estimate of drug-likeness (QED) is 0.126. The largest absolute Gasteiger partial charge is 0.256 e. The van der Waals surface area contributed by atoms with Gasteiger partial charge in [0.25, 0.3) is 0 Å². The van der Waals surface area contributed by atoms with Crippen LogP contribution in [0.2, 0.25) is 0 Å². The van der Waals surface area contributed by atoms with Gasteiger partial charge in [-0.25, -0.2) is 29.9 Å². The summed E-state index contributed by atoms with van der Waals surface area (Å²) in [4.78, 5) is 41.0. The summed E-state index contributed by atoms with van der Waals surface area (Å²) in [5, 5.41) is 5.28. The molecular formula is C76H48N8. The number of rotatable bonds is 11. The van der Waals surface area contributed by atoms with Gasteiger partial charge in [-0.1, -0.05) is 249 Å². The first-order valence-electron chi connectivity index (χ1n) is 28.0. The van der Waals surface area contributed by atoms with Crippen LogP contribution in [0.1, 0.15) is 0 Å². The lowest BCUT2D eigenvalue weighted by atomic mass is 9.91. The van der Waals surface area contributed by atoms with Crippen LogP contribution in [0.4, 0.5) is 0 Å². The summed E-state index contributed by atoms with van der Waals surface area (Å²) in [5.74, 6) is 3.51. The Morgan fingerprint density at radius 3 is 1.24 bits per heavy atom.